The van der Waals surface area contributed by atoms with E-state index in [9.17, 15) is 9.59 Å². The Morgan fingerprint density at radius 1 is 1.11 bits per heavy atom. The first-order valence-electron chi connectivity index (χ1n) is 9.37. The van der Waals surface area contributed by atoms with Gasteiger partial charge in [-0.05, 0) is 43.1 Å². The minimum atomic E-state index is -0.511. The number of nitrogens with one attached hydrogen (secondary N) is 2. The van der Waals surface area contributed by atoms with Crippen LogP contribution in [0.15, 0.2) is 61.2 Å². The van der Waals surface area contributed by atoms with E-state index in [0.717, 1.165) is 0 Å². The van der Waals surface area contributed by atoms with Crippen molar-refractivity contribution in [3.8, 4) is 11.1 Å². The number of rotatable bonds is 6. The lowest BCUT2D eigenvalue weighted by molar-refractivity contribution is -0.118. The Balaban J connectivity index is 0.000000878. The molecule has 0 bridgehead atoms. The molecule has 2 N–H and O–H groups in total. The van der Waals surface area contributed by atoms with E-state index >= 15 is 0 Å². The lowest BCUT2D eigenvalue weighted by Gasteiger charge is -2.16. The largest absolute Gasteiger partial charge is 0.449 e. The fourth-order valence-corrected chi connectivity index (χ4v) is 3.28. The zero-order valence-corrected chi connectivity index (χ0v) is 16.7. The second kappa shape index (κ2) is 10.4. The molecule has 0 saturated heterocycles. The summed E-state index contributed by atoms with van der Waals surface area (Å²) in [7, 11) is 1.69. The molecule has 3 rings (SSSR count). The second-order valence-electron chi connectivity index (χ2n) is 6.57. The van der Waals surface area contributed by atoms with Gasteiger partial charge in [-0.1, -0.05) is 54.6 Å². The zero-order chi connectivity index (χ0) is 20.5. The van der Waals surface area contributed by atoms with E-state index in [-0.39, 0.29) is 24.9 Å². The van der Waals surface area contributed by atoms with Crippen molar-refractivity contribution in [3.05, 3.63) is 72.3 Å². The number of hydrogen-bond acceptors (Lipinski definition) is 4. The lowest BCUT2D eigenvalue weighted by atomic mass is 9.98. The molecule has 0 radical (unpaired) electrons. The van der Waals surface area contributed by atoms with Gasteiger partial charge in [0, 0.05) is 12.5 Å². The number of Topliss-reactive ketones (excluding diaryl/α,β-unsaturated/α-hetero) is 1. The van der Waals surface area contributed by atoms with Gasteiger partial charge >= 0.3 is 6.09 Å². The van der Waals surface area contributed by atoms with Crippen molar-refractivity contribution in [2.24, 2.45) is 0 Å². The van der Waals surface area contributed by atoms with E-state index in [4.69, 9.17) is 4.74 Å². The summed E-state index contributed by atoms with van der Waals surface area (Å²) in [4.78, 5) is 23.4. The summed E-state index contributed by atoms with van der Waals surface area (Å²) in [5.74, 6) is 0.00695. The molecule has 1 unspecified atom stereocenters. The zero-order valence-electron chi connectivity index (χ0n) is 16.7. The SMILES string of the molecule is C=CC.CNC(CNC(=O)OCC1c2ccccc2-c2ccccc21)C(C)=O. The lowest BCUT2D eigenvalue weighted by Crippen LogP contribution is -2.43. The summed E-state index contributed by atoms with van der Waals surface area (Å²) >= 11 is 0. The van der Waals surface area contributed by atoms with Crippen LogP contribution in [-0.4, -0.2) is 38.1 Å². The first-order valence-corrected chi connectivity index (χ1v) is 9.37. The van der Waals surface area contributed by atoms with Crippen LogP contribution in [0.4, 0.5) is 4.79 Å². The quantitative estimate of drug-likeness (QED) is 0.746. The summed E-state index contributed by atoms with van der Waals surface area (Å²) < 4.78 is 5.43. The second-order valence-corrected chi connectivity index (χ2v) is 6.57. The van der Waals surface area contributed by atoms with Crippen molar-refractivity contribution >= 4 is 11.9 Å². The molecule has 148 valence electrons. The van der Waals surface area contributed by atoms with Gasteiger partial charge in [0.15, 0.2) is 0 Å². The minimum Gasteiger partial charge on any atom is -0.449 e. The minimum absolute atomic E-state index is 0.0264. The summed E-state index contributed by atoms with van der Waals surface area (Å²) in [5, 5.41) is 5.50. The molecule has 2 aromatic rings. The number of ketones is 1. The van der Waals surface area contributed by atoms with Crippen LogP contribution in [0.3, 0.4) is 0 Å². The summed E-state index contributed by atoms with van der Waals surface area (Å²) in [5.41, 5.74) is 4.74. The van der Waals surface area contributed by atoms with Crippen molar-refractivity contribution < 1.29 is 14.3 Å². The highest BCUT2D eigenvalue weighted by atomic mass is 16.5. The molecule has 1 aliphatic rings. The molecule has 1 aliphatic carbocycles. The summed E-state index contributed by atoms with van der Waals surface area (Å²) in [6.07, 6.45) is 1.24. The molecule has 5 heteroatoms. The Labute approximate surface area is 166 Å². The van der Waals surface area contributed by atoms with Gasteiger partial charge in [-0.3, -0.25) is 4.79 Å². The first-order chi connectivity index (χ1) is 13.5. The Bertz CT molecular complexity index is 787. The number of ether oxygens (including phenoxy) is 1. The fourth-order valence-electron chi connectivity index (χ4n) is 3.28. The van der Waals surface area contributed by atoms with E-state index in [1.807, 2.05) is 31.2 Å². The first kappa shape index (κ1) is 21.4. The molecule has 0 saturated carbocycles. The van der Waals surface area contributed by atoms with Crippen LogP contribution in [0.2, 0.25) is 0 Å². The highest BCUT2D eigenvalue weighted by Crippen LogP contribution is 2.44. The molecule has 1 amide bonds. The average Bonchev–Trinajstić information content (AvgIpc) is 3.01. The molecule has 2 aromatic carbocycles. The van der Waals surface area contributed by atoms with Crippen LogP contribution in [0.5, 0.6) is 0 Å². The molecule has 28 heavy (non-hydrogen) atoms. The van der Waals surface area contributed by atoms with Gasteiger partial charge in [-0.25, -0.2) is 4.79 Å². The Kier molecular flexibility index (Phi) is 7.96. The summed E-state index contributed by atoms with van der Waals surface area (Å²) in [6.45, 7) is 7.22. The van der Waals surface area contributed by atoms with Gasteiger partial charge in [-0.2, -0.15) is 0 Å². The third kappa shape index (κ3) is 5.08. The third-order valence-electron chi connectivity index (χ3n) is 4.63. The highest BCUT2D eigenvalue weighted by molar-refractivity contribution is 5.82. The van der Waals surface area contributed by atoms with Crippen LogP contribution in [0.1, 0.15) is 30.9 Å². The van der Waals surface area contributed by atoms with Crippen LogP contribution >= 0.6 is 0 Å². The van der Waals surface area contributed by atoms with Crippen LogP contribution in [0.25, 0.3) is 11.1 Å². The van der Waals surface area contributed by atoms with Gasteiger partial charge in [0.1, 0.15) is 12.4 Å². The normalized spacial score (nSPS) is 12.7. The van der Waals surface area contributed by atoms with Gasteiger partial charge in [0.05, 0.1) is 6.04 Å². The van der Waals surface area contributed by atoms with E-state index in [1.165, 1.54) is 29.2 Å². The van der Waals surface area contributed by atoms with Gasteiger partial charge in [0.2, 0.25) is 0 Å². The molecule has 0 aromatic heterocycles. The van der Waals surface area contributed by atoms with Crippen molar-refractivity contribution in [3.63, 3.8) is 0 Å². The summed E-state index contributed by atoms with van der Waals surface area (Å²) in [6, 6.07) is 16.0. The monoisotopic (exact) mass is 380 g/mol. The average molecular weight is 380 g/mol. The van der Waals surface area contributed by atoms with E-state index in [0.29, 0.717) is 0 Å². The molecular weight excluding hydrogens is 352 g/mol. The maximum Gasteiger partial charge on any atom is 0.407 e. The Hall–Kier alpha value is -2.92. The van der Waals surface area contributed by atoms with E-state index in [1.54, 1.807) is 13.1 Å². The molecule has 0 aliphatic heterocycles. The van der Waals surface area contributed by atoms with Crippen LogP contribution in [-0.2, 0) is 9.53 Å². The third-order valence-corrected chi connectivity index (χ3v) is 4.63. The van der Waals surface area contributed by atoms with Gasteiger partial charge in [0.25, 0.3) is 0 Å². The molecule has 5 nitrogen and oxygen atoms in total. The number of carbonyl (C=O) groups is 2. The predicted octanol–water partition coefficient (Wildman–Crippen LogP) is 3.89. The number of fused-ring (bicyclic) bond motifs is 3. The van der Waals surface area contributed by atoms with Crippen molar-refractivity contribution in [2.75, 3.05) is 20.2 Å². The highest BCUT2D eigenvalue weighted by Gasteiger charge is 2.29. The van der Waals surface area contributed by atoms with Crippen LogP contribution in [0, 0.1) is 0 Å². The molecule has 0 heterocycles. The number of amides is 1. The van der Waals surface area contributed by atoms with Crippen molar-refractivity contribution in [1.29, 1.82) is 0 Å². The Morgan fingerprint density at radius 3 is 2.07 bits per heavy atom. The molecule has 0 fully saturated rings. The Morgan fingerprint density at radius 2 is 1.61 bits per heavy atom. The van der Waals surface area contributed by atoms with Crippen LogP contribution < -0.4 is 10.6 Å². The molecular formula is C23H28N2O3. The number of carbonyl (C=O) groups excluding carboxylic acids is 2. The number of alkyl carbamates (subject to hydrolysis) is 1. The topological polar surface area (TPSA) is 67.4 Å². The molecule has 1 atom stereocenters. The van der Waals surface area contributed by atoms with Gasteiger partial charge < -0.3 is 15.4 Å². The number of hydrogen-bond donors (Lipinski definition) is 2. The van der Waals surface area contributed by atoms with E-state index in [2.05, 4.69) is 41.5 Å². The van der Waals surface area contributed by atoms with E-state index < -0.39 is 12.1 Å². The molecule has 0 spiro atoms. The fraction of sp³-hybridized carbons (Fsp3) is 0.304. The van der Waals surface area contributed by atoms with Crippen molar-refractivity contribution in [2.45, 2.75) is 25.8 Å². The number of allylic oxidation sites excluding steroid dienone is 1. The van der Waals surface area contributed by atoms with Gasteiger partial charge in [-0.15, -0.1) is 6.58 Å². The van der Waals surface area contributed by atoms with Crippen molar-refractivity contribution in [1.82, 2.24) is 10.6 Å². The predicted molar refractivity (Wildman–Crippen MR) is 112 cm³/mol. The maximum absolute atomic E-state index is 12.0. The number of benzene rings is 2. The maximum atomic E-state index is 12.0. The number of likely N-dealkylation sites (N-methyl/N-ethyl adjacent to an activating group) is 1. The standard InChI is InChI=1S/C20H22N2O3.C3H6/c1-13(23)19(21-2)11-22-20(24)25-12-18-16-9-5-3-7-14(16)15-8-4-6-10-17(15)18;1-3-2/h3-10,18-19,21H,11-12H2,1-2H3,(H,22,24);3H,1H2,2H3. The smallest absolute Gasteiger partial charge is 0.407 e.